The Morgan fingerprint density at radius 1 is 1.25 bits per heavy atom. The van der Waals surface area contributed by atoms with Gasteiger partial charge in [-0.25, -0.2) is 4.79 Å². The van der Waals surface area contributed by atoms with Gasteiger partial charge in [-0.1, -0.05) is 45.0 Å². The number of esters is 1. The van der Waals surface area contributed by atoms with Crippen LogP contribution >= 0.6 is 0 Å². The molecule has 1 aromatic carbocycles. The zero-order valence-corrected chi connectivity index (χ0v) is 15.1. The molecule has 1 aliphatic rings. The van der Waals surface area contributed by atoms with Crippen molar-refractivity contribution < 1.29 is 19.4 Å². The van der Waals surface area contributed by atoms with Crippen LogP contribution in [0.1, 0.15) is 58.6 Å². The average molecular weight is 330 g/mol. The normalized spacial score (nSPS) is 20.8. The minimum Gasteiger partial charge on any atom is -0.506 e. The molecule has 24 heavy (non-hydrogen) atoms. The third-order valence-electron chi connectivity index (χ3n) is 4.60. The predicted octanol–water partition coefficient (Wildman–Crippen LogP) is 4.19. The van der Waals surface area contributed by atoms with Crippen LogP contribution in [-0.4, -0.2) is 23.5 Å². The number of fused-ring (bicyclic) bond motifs is 1. The van der Waals surface area contributed by atoms with Gasteiger partial charge in [-0.05, 0) is 37.7 Å². The fourth-order valence-corrected chi connectivity index (χ4v) is 3.08. The van der Waals surface area contributed by atoms with Crippen LogP contribution in [0, 0.1) is 5.41 Å². The Morgan fingerprint density at radius 3 is 2.46 bits per heavy atom. The number of hydrogen-bond acceptors (Lipinski definition) is 4. The lowest BCUT2D eigenvalue weighted by Gasteiger charge is -2.36. The number of carbonyl (C=O) groups is 2. The number of hydrogen-bond donors (Lipinski definition) is 1. The van der Waals surface area contributed by atoms with Gasteiger partial charge in [0.2, 0.25) is 0 Å². The summed E-state index contributed by atoms with van der Waals surface area (Å²) in [6.07, 6.45) is 1.42. The van der Waals surface area contributed by atoms with Gasteiger partial charge in [-0.2, -0.15) is 0 Å². The molecule has 0 amide bonds. The molecule has 0 fully saturated rings. The number of Topliss-reactive ketones (excluding diaryl/α,β-unsaturated/α-hetero) is 1. The van der Waals surface area contributed by atoms with Crippen LogP contribution < -0.4 is 0 Å². The summed E-state index contributed by atoms with van der Waals surface area (Å²) in [5.41, 5.74) is 0.289. The molecule has 0 spiro atoms. The number of aliphatic hydroxyl groups excluding tert-OH is 1. The van der Waals surface area contributed by atoms with E-state index in [1.807, 2.05) is 19.1 Å². The molecule has 4 heteroatoms. The molecule has 130 valence electrons. The standard InChI is InChI=1S/C20H26O4/c1-6-24-18(23)15-16(21)13-9-7-8-10-14(13)20(5,17(15)22)12-11-19(2,3)4/h7-10,21H,6,11-12H2,1-5H3/t20-/m0/s1. The maximum atomic E-state index is 13.1. The van der Waals surface area contributed by atoms with Gasteiger partial charge in [-0.3, -0.25) is 4.79 Å². The van der Waals surface area contributed by atoms with E-state index in [4.69, 9.17) is 4.74 Å². The molecule has 0 radical (unpaired) electrons. The zero-order valence-electron chi connectivity index (χ0n) is 15.1. The van der Waals surface area contributed by atoms with Gasteiger partial charge in [-0.15, -0.1) is 0 Å². The van der Waals surface area contributed by atoms with Crippen molar-refractivity contribution in [2.45, 2.75) is 52.9 Å². The van der Waals surface area contributed by atoms with Crippen LogP contribution in [0.3, 0.4) is 0 Å². The number of ether oxygens (including phenoxy) is 1. The topological polar surface area (TPSA) is 63.6 Å². The van der Waals surface area contributed by atoms with Crippen molar-refractivity contribution in [2.75, 3.05) is 6.61 Å². The Morgan fingerprint density at radius 2 is 1.88 bits per heavy atom. The summed E-state index contributed by atoms with van der Waals surface area (Å²) in [6, 6.07) is 7.24. The fourth-order valence-electron chi connectivity index (χ4n) is 3.08. The highest BCUT2D eigenvalue weighted by Crippen LogP contribution is 2.44. The Hall–Kier alpha value is -2.10. The van der Waals surface area contributed by atoms with Crippen molar-refractivity contribution in [3.63, 3.8) is 0 Å². The SMILES string of the molecule is CCOC(=O)C1=C(O)c2ccccc2[C@](C)(CCC(C)(C)C)C1=O. The van der Waals surface area contributed by atoms with Gasteiger partial charge in [0.25, 0.3) is 0 Å². The van der Waals surface area contributed by atoms with Crippen LogP contribution in [0.25, 0.3) is 5.76 Å². The van der Waals surface area contributed by atoms with Gasteiger partial charge in [0.15, 0.2) is 5.78 Å². The molecule has 0 aromatic heterocycles. The molecule has 0 heterocycles. The maximum absolute atomic E-state index is 13.1. The van der Waals surface area contributed by atoms with E-state index >= 15 is 0 Å². The second-order valence-corrected chi connectivity index (χ2v) is 7.71. The summed E-state index contributed by atoms with van der Waals surface area (Å²) in [4.78, 5) is 25.4. The van der Waals surface area contributed by atoms with Gasteiger partial charge >= 0.3 is 5.97 Å². The van der Waals surface area contributed by atoms with Crippen molar-refractivity contribution in [1.29, 1.82) is 0 Å². The summed E-state index contributed by atoms with van der Waals surface area (Å²) in [7, 11) is 0. The third kappa shape index (κ3) is 3.23. The van der Waals surface area contributed by atoms with Crippen LogP contribution in [0.15, 0.2) is 29.8 Å². The van der Waals surface area contributed by atoms with Crippen molar-refractivity contribution in [2.24, 2.45) is 5.41 Å². The third-order valence-corrected chi connectivity index (χ3v) is 4.60. The molecule has 1 atom stereocenters. The summed E-state index contributed by atoms with van der Waals surface area (Å²) in [6.45, 7) is 10.0. The van der Waals surface area contributed by atoms with Gasteiger partial charge in [0.05, 0.1) is 12.0 Å². The summed E-state index contributed by atoms with van der Waals surface area (Å²) >= 11 is 0. The molecule has 1 aliphatic carbocycles. The Balaban J connectivity index is 2.58. The molecule has 1 aromatic rings. The van der Waals surface area contributed by atoms with E-state index in [-0.39, 0.29) is 29.1 Å². The largest absolute Gasteiger partial charge is 0.506 e. The summed E-state index contributed by atoms with van der Waals surface area (Å²) < 4.78 is 5.00. The van der Waals surface area contributed by atoms with E-state index in [2.05, 4.69) is 20.8 Å². The van der Waals surface area contributed by atoms with Crippen molar-refractivity contribution in [3.05, 3.63) is 41.0 Å². The smallest absolute Gasteiger partial charge is 0.345 e. The molecule has 0 aliphatic heterocycles. The molecular formula is C20H26O4. The average Bonchev–Trinajstić information content (AvgIpc) is 2.51. The lowest BCUT2D eigenvalue weighted by molar-refractivity contribution is -0.140. The number of carbonyl (C=O) groups excluding carboxylic acids is 2. The first-order valence-corrected chi connectivity index (χ1v) is 8.37. The summed E-state index contributed by atoms with van der Waals surface area (Å²) in [5.74, 6) is -1.39. The lowest BCUT2D eigenvalue weighted by atomic mass is 9.65. The molecule has 0 saturated carbocycles. The van der Waals surface area contributed by atoms with Crippen LogP contribution in [0.4, 0.5) is 0 Å². The van der Waals surface area contributed by atoms with E-state index in [1.165, 1.54) is 0 Å². The van der Waals surface area contributed by atoms with E-state index in [9.17, 15) is 14.7 Å². The molecule has 2 rings (SSSR count). The van der Waals surface area contributed by atoms with Crippen LogP contribution in [0.5, 0.6) is 0 Å². The van der Waals surface area contributed by atoms with E-state index < -0.39 is 11.4 Å². The van der Waals surface area contributed by atoms with Gasteiger partial charge in [0.1, 0.15) is 11.3 Å². The minimum atomic E-state index is -0.849. The highest BCUT2D eigenvalue weighted by molar-refractivity contribution is 6.26. The highest BCUT2D eigenvalue weighted by Gasteiger charge is 2.46. The number of benzene rings is 1. The Labute approximate surface area is 143 Å². The minimum absolute atomic E-state index is 0.0610. The van der Waals surface area contributed by atoms with Crippen LogP contribution in [-0.2, 0) is 19.7 Å². The molecule has 4 nitrogen and oxygen atoms in total. The summed E-state index contributed by atoms with van der Waals surface area (Å²) in [5, 5.41) is 10.5. The first-order chi connectivity index (χ1) is 11.1. The fraction of sp³-hybridized carbons (Fsp3) is 0.500. The number of ketones is 1. The molecule has 0 bridgehead atoms. The van der Waals surface area contributed by atoms with Crippen LogP contribution in [0.2, 0.25) is 0 Å². The van der Waals surface area contributed by atoms with Crippen molar-refractivity contribution >= 4 is 17.5 Å². The van der Waals surface area contributed by atoms with E-state index in [0.29, 0.717) is 12.0 Å². The number of rotatable bonds is 4. The maximum Gasteiger partial charge on any atom is 0.345 e. The Bertz CT molecular complexity index is 694. The van der Waals surface area contributed by atoms with Crippen molar-refractivity contribution in [3.8, 4) is 0 Å². The first-order valence-electron chi connectivity index (χ1n) is 8.37. The van der Waals surface area contributed by atoms with Gasteiger partial charge in [0, 0.05) is 5.56 Å². The Kier molecular flexibility index (Phi) is 4.88. The second-order valence-electron chi connectivity index (χ2n) is 7.71. The lowest BCUT2D eigenvalue weighted by Crippen LogP contribution is -2.41. The van der Waals surface area contributed by atoms with E-state index in [0.717, 1.165) is 12.0 Å². The molecule has 0 unspecified atom stereocenters. The van der Waals surface area contributed by atoms with Crippen molar-refractivity contribution in [1.82, 2.24) is 0 Å². The zero-order chi connectivity index (χ0) is 18.1. The predicted molar refractivity (Wildman–Crippen MR) is 93.7 cm³/mol. The van der Waals surface area contributed by atoms with Gasteiger partial charge < -0.3 is 9.84 Å². The van der Waals surface area contributed by atoms with E-state index in [1.54, 1.807) is 19.1 Å². The molecule has 1 N–H and O–H groups in total. The molecular weight excluding hydrogens is 304 g/mol. The first kappa shape index (κ1) is 18.2. The monoisotopic (exact) mass is 330 g/mol. The quantitative estimate of drug-likeness (QED) is 0.664. The number of aliphatic hydroxyl groups is 1. The second kappa shape index (κ2) is 6.42. The highest BCUT2D eigenvalue weighted by atomic mass is 16.5. The molecule has 0 saturated heterocycles.